The number of rotatable bonds is 8. The van der Waals surface area contributed by atoms with E-state index in [0.717, 1.165) is 18.3 Å². The molecule has 0 saturated carbocycles. The fourth-order valence-electron chi connectivity index (χ4n) is 5.41. The van der Waals surface area contributed by atoms with Crippen LogP contribution >= 0.6 is 0 Å². The molecule has 2 heterocycles. The highest BCUT2D eigenvalue weighted by Crippen LogP contribution is 2.46. The Bertz CT molecular complexity index is 1650. The van der Waals surface area contributed by atoms with Gasteiger partial charge in [-0.2, -0.15) is 44.8 Å². The second-order valence-corrected chi connectivity index (χ2v) is 10.8. The van der Waals surface area contributed by atoms with Crippen LogP contribution in [0, 0.1) is 11.3 Å². The number of amides is 1. The molecule has 2 atom stereocenters. The summed E-state index contributed by atoms with van der Waals surface area (Å²) in [5, 5.41) is 18.9. The first-order chi connectivity index (χ1) is 21.8. The Balaban J connectivity index is 1.87. The zero-order chi connectivity index (χ0) is 34.9. The van der Waals surface area contributed by atoms with Crippen LogP contribution in [0.15, 0.2) is 42.6 Å². The Morgan fingerprint density at radius 2 is 1.66 bits per heavy atom. The van der Waals surface area contributed by atoms with Crippen molar-refractivity contribution >= 4 is 11.8 Å². The Morgan fingerprint density at radius 1 is 1.04 bits per heavy atom. The molecular weight excluding hydrogens is 649 g/mol. The molecule has 0 saturated heterocycles. The number of ether oxygens (including phenoxy) is 1. The first-order valence-electron chi connectivity index (χ1n) is 14.0. The number of anilines is 1. The van der Waals surface area contributed by atoms with Crippen LogP contribution in [0.5, 0.6) is 5.75 Å². The minimum Gasteiger partial charge on any atom is -0.490 e. The number of fused-ring (bicyclic) bond motifs is 1. The number of halogens is 9. The lowest BCUT2D eigenvalue weighted by molar-refractivity contribution is -0.143. The van der Waals surface area contributed by atoms with Gasteiger partial charge < -0.3 is 15.6 Å². The van der Waals surface area contributed by atoms with E-state index < -0.39 is 64.9 Å². The second kappa shape index (κ2) is 12.9. The molecule has 2 aromatic carbocycles. The van der Waals surface area contributed by atoms with Gasteiger partial charge in [0.2, 0.25) is 0 Å². The third-order valence-corrected chi connectivity index (χ3v) is 7.72. The van der Waals surface area contributed by atoms with Crippen LogP contribution in [-0.2, 0) is 31.4 Å². The topological polar surface area (TPSA) is 125 Å². The van der Waals surface area contributed by atoms with Gasteiger partial charge in [-0.15, -0.1) is 0 Å². The van der Waals surface area contributed by atoms with Crippen LogP contribution in [0.2, 0.25) is 0 Å². The maximum absolute atomic E-state index is 13.6. The molecule has 0 radical (unpaired) electrons. The largest absolute Gasteiger partial charge is 0.490 e. The zero-order valence-electron chi connectivity index (χ0n) is 24.4. The number of nitrogens with zero attached hydrogens (tertiary/aromatic N) is 4. The molecule has 8 nitrogen and oxygen atoms in total. The zero-order valence-corrected chi connectivity index (χ0v) is 24.4. The van der Waals surface area contributed by atoms with Crippen molar-refractivity contribution in [3.63, 3.8) is 0 Å². The second-order valence-electron chi connectivity index (χ2n) is 10.8. The summed E-state index contributed by atoms with van der Waals surface area (Å²) in [4.78, 5) is 21.8. The van der Waals surface area contributed by atoms with E-state index in [-0.39, 0.29) is 66.9 Å². The van der Waals surface area contributed by atoms with Gasteiger partial charge in [0, 0.05) is 12.8 Å². The maximum Gasteiger partial charge on any atom is 0.416 e. The van der Waals surface area contributed by atoms with Crippen LogP contribution < -0.4 is 15.4 Å². The number of benzene rings is 2. The molecule has 1 aliphatic rings. The summed E-state index contributed by atoms with van der Waals surface area (Å²) in [5.74, 6) is -1.60. The molecule has 1 aliphatic heterocycles. The monoisotopic (exact) mass is 675 g/mol. The van der Waals surface area contributed by atoms with Gasteiger partial charge in [-0.1, -0.05) is 6.92 Å². The summed E-state index contributed by atoms with van der Waals surface area (Å²) in [5.41, 5.74) is -0.218. The molecule has 4 rings (SSSR count). The van der Waals surface area contributed by atoms with Crippen molar-refractivity contribution in [3.05, 3.63) is 81.9 Å². The van der Waals surface area contributed by atoms with Crippen LogP contribution in [-0.4, -0.2) is 33.4 Å². The van der Waals surface area contributed by atoms with Crippen LogP contribution in [0.3, 0.4) is 0 Å². The third-order valence-electron chi connectivity index (χ3n) is 7.72. The van der Waals surface area contributed by atoms with Gasteiger partial charge in [0.05, 0.1) is 52.9 Å². The van der Waals surface area contributed by atoms with E-state index in [0.29, 0.717) is 23.1 Å². The van der Waals surface area contributed by atoms with Gasteiger partial charge in [-0.3, -0.25) is 4.90 Å². The molecule has 3 aromatic rings. The van der Waals surface area contributed by atoms with Gasteiger partial charge >= 0.3 is 24.6 Å². The molecule has 0 fully saturated rings. The van der Waals surface area contributed by atoms with E-state index in [2.05, 4.69) is 9.97 Å². The molecule has 3 N–H and O–H groups in total. The van der Waals surface area contributed by atoms with Crippen molar-refractivity contribution in [1.82, 2.24) is 9.97 Å². The number of alkyl halides is 9. The molecular formula is C30H26F9N5O3. The van der Waals surface area contributed by atoms with E-state index in [1.54, 1.807) is 0 Å². The SMILES string of the molecule is CCC1(N)C(c2ncc(OCCCC#N)c(Cc3cc(C(F)(F)F)cc(C(F)(F)F)c3)n2)Cc2cc(C(F)(F)F)ccc2N1C(=O)O. The summed E-state index contributed by atoms with van der Waals surface area (Å²) >= 11 is 0. The third kappa shape index (κ3) is 7.53. The van der Waals surface area contributed by atoms with E-state index in [9.17, 15) is 49.4 Å². The number of carboxylic acid groups (broad SMARTS) is 1. The highest BCUT2D eigenvalue weighted by atomic mass is 19.4. The van der Waals surface area contributed by atoms with E-state index in [1.165, 1.54) is 6.92 Å². The highest BCUT2D eigenvalue weighted by molar-refractivity contribution is 5.90. The predicted octanol–water partition coefficient (Wildman–Crippen LogP) is 7.70. The minimum absolute atomic E-state index is 0.0343. The smallest absolute Gasteiger partial charge is 0.416 e. The number of aromatic nitrogens is 2. The Labute approximate surface area is 261 Å². The number of nitrogens with two attached hydrogens (primary N) is 1. The number of hydrogen-bond donors (Lipinski definition) is 2. The Kier molecular flexibility index (Phi) is 9.68. The van der Waals surface area contributed by atoms with Gasteiger partial charge in [-0.25, -0.2) is 14.8 Å². The van der Waals surface area contributed by atoms with Crippen molar-refractivity contribution < 1.29 is 54.2 Å². The van der Waals surface area contributed by atoms with Gasteiger partial charge in [0.15, 0.2) is 5.75 Å². The fraction of sp³-hybridized carbons (Fsp3) is 0.400. The molecule has 47 heavy (non-hydrogen) atoms. The van der Waals surface area contributed by atoms with Crippen molar-refractivity contribution in [2.24, 2.45) is 5.73 Å². The molecule has 0 aliphatic carbocycles. The molecule has 0 spiro atoms. The summed E-state index contributed by atoms with van der Waals surface area (Å²) in [6.07, 6.45) is -16.3. The van der Waals surface area contributed by atoms with E-state index >= 15 is 0 Å². The first kappa shape index (κ1) is 35.3. The lowest BCUT2D eigenvalue weighted by atomic mass is 9.78. The molecule has 0 bridgehead atoms. The summed E-state index contributed by atoms with van der Waals surface area (Å²) in [7, 11) is 0. The van der Waals surface area contributed by atoms with Crippen molar-refractivity contribution in [2.45, 2.75) is 69.1 Å². The minimum atomic E-state index is -5.13. The van der Waals surface area contributed by atoms with Crippen LogP contribution in [0.1, 0.15) is 71.4 Å². The number of unbranched alkanes of at least 4 members (excludes halogenated alkanes) is 1. The Hall–Kier alpha value is -4.59. The quantitative estimate of drug-likeness (QED) is 0.185. The summed E-state index contributed by atoms with van der Waals surface area (Å²) in [6, 6.07) is 5.34. The summed E-state index contributed by atoms with van der Waals surface area (Å²) in [6.45, 7) is 1.42. The average molecular weight is 676 g/mol. The number of carbonyl (C=O) groups is 1. The molecule has 2 unspecified atom stereocenters. The molecule has 17 heteroatoms. The van der Waals surface area contributed by atoms with Crippen molar-refractivity contribution in [2.75, 3.05) is 11.5 Å². The lowest BCUT2D eigenvalue weighted by Crippen LogP contribution is -2.64. The first-order valence-corrected chi connectivity index (χ1v) is 14.0. The average Bonchev–Trinajstić information content (AvgIpc) is 2.97. The fourth-order valence-corrected chi connectivity index (χ4v) is 5.41. The maximum atomic E-state index is 13.6. The molecule has 1 aromatic heterocycles. The van der Waals surface area contributed by atoms with Gasteiger partial charge in [-0.05, 0) is 66.8 Å². The van der Waals surface area contributed by atoms with E-state index in [4.69, 9.17) is 15.7 Å². The van der Waals surface area contributed by atoms with Crippen LogP contribution in [0.4, 0.5) is 50.0 Å². The van der Waals surface area contributed by atoms with Gasteiger partial charge in [0.1, 0.15) is 11.5 Å². The van der Waals surface area contributed by atoms with Crippen molar-refractivity contribution in [1.29, 1.82) is 5.26 Å². The number of nitriles is 1. The Morgan fingerprint density at radius 3 is 2.19 bits per heavy atom. The molecule has 252 valence electrons. The molecule has 1 amide bonds. The standard InChI is InChI=1S/C30H26F9N5O3/c1-2-27(41)21(13-17-12-18(28(31,32)33)5-6-23(17)44(27)26(45)46)25-42-15-24(47-8-4-3-7-40)22(43-25)11-16-9-19(29(34,35)36)14-20(10-16)30(37,38)39/h5-6,9-10,12,14-15,21H,2-4,8,11,13,41H2,1H3,(H,45,46). The van der Waals surface area contributed by atoms with Crippen LogP contribution in [0.25, 0.3) is 0 Å². The normalized spacial score (nSPS) is 18.4. The highest BCUT2D eigenvalue weighted by Gasteiger charge is 2.50. The summed E-state index contributed by atoms with van der Waals surface area (Å²) < 4.78 is 128. The predicted molar refractivity (Wildman–Crippen MR) is 147 cm³/mol. The van der Waals surface area contributed by atoms with Gasteiger partial charge in [0.25, 0.3) is 0 Å². The lowest BCUT2D eigenvalue weighted by Gasteiger charge is -2.48. The van der Waals surface area contributed by atoms with Crippen molar-refractivity contribution in [3.8, 4) is 11.8 Å². The van der Waals surface area contributed by atoms with E-state index in [1.807, 2.05) is 6.07 Å². The number of hydrogen-bond acceptors (Lipinski definition) is 6.